The predicted molar refractivity (Wildman–Crippen MR) is 92.2 cm³/mol. The van der Waals surface area contributed by atoms with Gasteiger partial charge in [-0.2, -0.15) is 0 Å². The third-order valence-corrected chi connectivity index (χ3v) is 4.37. The predicted octanol–water partition coefficient (Wildman–Crippen LogP) is 2.64. The molecule has 0 saturated carbocycles. The van der Waals surface area contributed by atoms with Gasteiger partial charge in [-0.3, -0.25) is 4.79 Å². The van der Waals surface area contributed by atoms with E-state index >= 15 is 0 Å². The molecule has 118 valence electrons. The molecular formula is C17H23N3OS. The van der Waals surface area contributed by atoms with Crippen molar-refractivity contribution in [1.82, 2.24) is 15.6 Å². The molecule has 2 aromatic rings. The summed E-state index contributed by atoms with van der Waals surface area (Å²) < 4.78 is 0. The zero-order valence-electron chi connectivity index (χ0n) is 13.2. The number of carbonyl (C=O) groups excluding carboxylic acids is 1. The summed E-state index contributed by atoms with van der Waals surface area (Å²) in [5, 5.41) is 8.92. The van der Waals surface area contributed by atoms with Crippen LogP contribution >= 0.6 is 11.3 Å². The highest BCUT2D eigenvalue weighted by Crippen LogP contribution is 2.24. The summed E-state index contributed by atoms with van der Waals surface area (Å²) in [6.07, 6.45) is 2.33. The van der Waals surface area contributed by atoms with E-state index in [1.54, 1.807) is 11.3 Å². The van der Waals surface area contributed by atoms with Gasteiger partial charge in [0.05, 0.1) is 12.1 Å². The Morgan fingerprint density at radius 3 is 2.68 bits per heavy atom. The number of hydrogen-bond acceptors (Lipinski definition) is 4. The van der Waals surface area contributed by atoms with E-state index in [0.29, 0.717) is 13.0 Å². The van der Waals surface area contributed by atoms with Crippen molar-refractivity contribution in [1.29, 1.82) is 0 Å². The van der Waals surface area contributed by atoms with Crippen LogP contribution < -0.4 is 10.6 Å². The van der Waals surface area contributed by atoms with Crippen molar-refractivity contribution in [3.05, 3.63) is 40.9 Å². The number of thiazole rings is 1. The first-order valence-corrected chi connectivity index (χ1v) is 8.56. The molecule has 0 aliphatic carbocycles. The largest absolute Gasteiger partial charge is 0.356 e. The van der Waals surface area contributed by atoms with Crippen LogP contribution in [0.5, 0.6) is 0 Å². The summed E-state index contributed by atoms with van der Waals surface area (Å²) in [5.41, 5.74) is 3.27. The molecule has 5 heteroatoms. The van der Waals surface area contributed by atoms with Gasteiger partial charge in [0.25, 0.3) is 0 Å². The lowest BCUT2D eigenvalue weighted by Gasteiger charge is -2.03. The Labute approximate surface area is 136 Å². The fourth-order valence-electron chi connectivity index (χ4n) is 2.12. The monoisotopic (exact) mass is 317 g/mol. The van der Waals surface area contributed by atoms with E-state index < -0.39 is 0 Å². The minimum atomic E-state index is 0.0364. The molecule has 2 rings (SSSR count). The third-order valence-electron chi connectivity index (χ3n) is 3.43. The van der Waals surface area contributed by atoms with Gasteiger partial charge in [0.2, 0.25) is 5.91 Å². The molecule has 0 aliphatic heterocycles. The van der Waals surface area contributed by atoms with E-state index in [4.69, 9.17) is 0 Å². The molecule has 1 amide bonds. The SMILES string of the molecule is CCc1ccc(-c2nc(CC(=O)NCCCNC)cs2)cc1. The maximum absolute atomic E-state index is 11.8. The summed E-state index contributed by atoms with van der Waals surface area (Å²) in [6, 6.07) is 8.45. The van der Waals surface area contributed by atoms with Gasteiger partial charge in [-0.05, 0) is 32.0 Å². The number of nitrogens with zero attached hydrogens (tertiary/aromatic N) is 1. The lowest BCUT2D eigenvalue weighted by molar-refractivity contribution is -0.120. The maximum atomic E-state index is 11.8. The van der Waals surface area contributed by atoms with Crippen LogP contribution in [0.4, 0.5) is 0 Å². The normalized spacial score (nSPS) is 10.6. The maximum Gasteiger partial charge on any atom is 0.226 e. The number of amides is 1. The average Bonchev–Trinajstić information content (AvgIpc) is 3.00. The lowest BCUT2D eigenvalue weighted by atomic mass is 10.1. The molecule has 22 heavy (non-hydrogen) atoms. The zero-order chi connectivity index (χ0) is 15.8. The average molecular weight is 317 g/mol. The molecule has 1 aromatic carbocycles. The Balaban J connectivity index is 1.89. The van der Waals surface area contributed by atoms with Crippen molar-refractivity contribution < 1.29 is 4.79 Å². The number of nitrogens with one attached hydrogen (secondary N) is 2. The molecule has 2 N–H and O–H groups in total. The van der Waals surface area contributed by atoms with Crippen LogP contribution in [0.2, 0.25) is 0 Å². The van der Waals surface area contributed by atoms with Crippen LogP contribution in [0, 0.1) is 0 Å². The molecule has 0 radical (unpaired) electrons. The van der Waals surface area contributed by atoms with E-state index in [0.717, 1.165) is 35.7 Å². The highest BCUT2D eigenvalue weighted by atomic mass is 32.1. The van der Waals surface area contributed by atoms with Crippen LogP contribution in [0.1, 0.15) is 24.6 Å². The minimum Gasteiger partial charge on any atom is -0.356 e. The molecule has 0 saturated heterocycles. The van der Waals surface area contributed by atoms with Gasteiger partial charge in [-0.15, -0.1) is 11.3 Å². The smallest absolute Gasteiger partial charge is 0.226 e. The molecule has 0 bridgehead atoms. The highest BCUT2D eigenvalue weighted by Gasteiger charge is 2.08. The Hall–Kier alpha value is -1.72. The quantitative estimate of drug-likeness (QED) is 0.736. The fourth-order valence-corrected chi connectivity index (χ4v) is 2.95. The van der Waals surface area contributed by atoms with E-state index in [1.807, 2.05) is 12.4 Å². The summed E-state index contributed by atoms with van der Waals surface area (Å²) >= 11 is 1.59. The molecule has 0 unspecified atom stereocenters. The second-order valence-corrected chi connectivity index (χ2v) is 6.04. The number of aromatic nitrogens is 1. The summed E-state index contributed by atoms with van der Waals surface area (Å²) in [4.78, 5) is 16.4. The Morgan fingerprint density at radius 2 is 2.00 bits per heavy atom. The number of hydrogen-bond donors (Lipinski definition) is 2. The van der Waals surface area contributed by atoms with Gasteiger partial charge in [0, 0.05) is 17.5 Å². The van der Waals surface area contributed by atoms with Crippen molar-refractivity contribution in [3.8, 4) is 10.6 Å². The van der Waals surface area contributed by atoms with E-state index in [2.05, 4.69) is 46.8 Å². The second-order valence-electron chi connectivity index (χ2n) is 5.18. The number of benzene rings is 1. The van der Waals surface area contributed by atoms with Gasteiger partial charge < -0.3 is 10.6 Å². The lowest BCUT2D eigenvalue weighted by Crippen LogP contribution is -2.28. The van der Waals surface area contributed by atoms with Crippen LogP contribution in [0.15, 0.2) is 29.6 Å². The molecule has 0 spiro atoms. The topological polar surface area (TPSA) is 54.0 Å². The van der Waals surface area contributed by atoms with Crippen molar-refractivity contribution in [2.45, 2.75) is 26.2 Å². The summed E-state index contributed by atoms with van der Waals surface area (Å²) in [6.45, 7) is 3.76. The number of carbonyl (C=O) groups is 1. The van der Waals surface area contributed by atoms with Crippen molar-refractivity contribution in [2.75, 3.05) is 20.1 Å². The Morgan fingerprint density at radius 1 is 1.23 bits per heavy atom. The molecular weight excluding hydrogens is 294 g/mol. The molecule has 0 aliphatic rings. The van der Waals surface area contributed by atoms with Crippen LogP contribution in [-0.2, 0) is 17.6 Å². The minimum absolute atomic E-state index is 0.0364. The van der Waals surface area contributed by atoms with Gasteiger partial charge in [0.15, 0.2) is 0 Å². The van der Waals surface area contributed by atoms with Gasteiger partial charge in [-0.25, -0.2) is 4.98 Å². The third kappa shape index (κ3) is 4.93. The van der Waals surface area contributed by atoms with E-state index in [9.17, 15) is 4.79 Å². The Bertz CT molecular complexity index is 592. The number of aryl methyl sites for hydroxylation is 1. The fraction of sp³-hybridized carbons (Fsp3) is 0.412. The summed E-state index contributed by atoms with van der Waals surface area (Å²) in [7, 11) is 1.91. The summed E-state index contributed by atoms with van der Waals surface area (Å²) in [5.74, 6) is 0.0364. The van der Waals surface area contributed by atoms with Crippen LogP contribution in [0.3, 0.4) is 0 Å². The molecule has 4 nitrogen and oxygen atoms in total. The molecule has 1 aromatic heterocycles. The van der Waals surface area contributed by atoms with Gasteiger partial charge >= 0.3 is 0 Å². The van der Waals surface area contributed by atoms with Crippen molar-refractivity contribution >= 4 is 17.2 Å². The Kier molecular flexibility index (Phi) is 6.55. The first kappa shape index (κ1) is 16.6. The van der Waals surface area contributed by atoms with Crippen LogP contribution in [0.25, 0.3) is 10.6 Å². The van der Waals surface area contributed by atoms with E-state index in [-0.39, 0.29) is 5.91 Å². The van der Waals surface area contributed by atoms with Crippen LogP contribution in [-0.4, -0.2) is 31.0 Å². The first-order chi connectivity index (χ1) is 10.7. The molecule has 0 fully saturated rings. The molecule has 0 atom stereocenters. The number of rotatable bonds is 8. The zero-order valence-corrected chi connectivity index (χ0v) is 14.0. The van der Waals surface area contributed by atoms with Gasteiger partial charge in [-0.1, -0.05) is 31.2 Å². The highest BCUT2D eigenvalue weighted by molar-refractivity contribution is 7.13. The molecule has 1 heterocycles. The first-order valence-electron chi connectivity index (χ1n) is 7.68. The van der Waals surface area contributed by atoms with Crippen molar-refractivity contribution in [2.24, 2.45) is 0 Å². The van der Waals surface area contributed by atoms with Gasteiger partial charge in [0.1, 0.15) is 5.01 Å². The van der Waals surface area contributed by atoms with Crippen molar-refractivity contribution in [3.63, 3.8) is 0 Å². The van der Waals surface area contributed by atoms with E-state index in [1.165, 1.54) is 5.56 Å². The standard InChI is InChI=1S/C17H23N3OS/c1-3-13-5-7-14(8-6-13)17-20-15(12-22-17)11-16(21)19-10-4-9-18-2/h5-8,12,18H,3-4,9-11H2,1-2H3,(H,19,21). The second kappa shape index (κ2) is 8.66.